The van der Waals surface area contributed by atoms with E-state index in [1.807, 2.05) is 12.1 Å². The smallest absolute Gasteiger partial charge is 0.188 e. The molecule has 0 radical (unpaired) electrons. The Hall–Kier alpha value is -0.930. The van der Waals surface area contributed by atoms with Crippen LogP contribution in [0.25, 0.3) is 0 Å². The van der Waals surface area contributed by atoms with Crippen LogP contribution in [-0.2, 0) is 6.42 Å². The molecule has 0 saturated heterocycles. The third-order valence-corrected chi connectivity index (χ3v) is 3.05. The summed E-state index contributed by atoms with van der Waals surface area (Å²) >= 11 is 11.8. The van der Waals surface area contributed by atoms with Crippen LogP contribution in [0.15, 0.2) is 23.2 Å². The number of benzene rings is 1. The molecule has 1 rings (SSSR count). The van der Waals surface area contributed by atoms with E-state index in [0.29, 0.717) is 28.6 Å². The predicted octanol–water partition coefficient (Wildman–Crippen LogP) is 3.24. The molecule has 3 N–H and O–H groups in total. The normalized spacial score (nSPS) is 13.4. The lowest BCUT2D eigenvalue weighted by molar-refractivity contribution is 0.636. The summed E-state index contributed by atoms with van der Waals surface area (Å²) in [6.07, 6.45) is 1.78. The van der Waals surface area contributed by atoms with Gasteiger partial charge in [0.15, 0.2) is 5.96 Å². The van der Waals surface area contributed by atoms with E-state index < -0.39 is 0 Å². The van der Waals surface area contributed by atoms with Gasteiger partial charge >= 0.3 is 0 Å². The summed E-state index contributed by atoms with van der Waals surface area (Å²) in [4.78, 5) is 4.26. The number of nitrogens with zero attached hydrogens (tertiary/aromatic N) is 1. The zero-order valence-corrected chi connectivity index (χ0v) is 12.2. The van der Waals surface area contributed by atoms with Gasteiger partial charge in [-0.05, 0) is 43.5 Å². The number of halogens is 2. The van der Waals surface area contributed by atoms with Crippen LogP contribution in [0.2, 0.25) is 10.0 Å². The van der Waals surface area contributed by atoms with Gasteiger partial charge in [-0.3, -0.25) is 4.99 Å². The second-order valence-electron chi connectivity index (χ2n) is 4.25. The lowest BCUT2D eigenvalue weighted by Gasteiger charge is -2.11. The van der Waals surface area contributed by atoms with Gasteiger partial charge in [0.1, 0.15) is 0 Å². The maximum absolute atomic E-state index is 5.92. The van der Waals surface area contributed by atoms with Gasteiger partial charge in [0, 0.05) is 22.6 Å². The van der Waals surface area contributed by atoms with Crippen LogP contribution in [0.4, 0.5) is 0 Å². The Labute approximate surface area is 118 Å². The first-order valence-electron chi connectivity index (χ1n) is 6.02. The molecule has 0 heterocycles. The molecular weight excluding hydrogens is 269 g/mol. The maximum Gasteiger partial charge on any atom is 0.188 e. The number of rotatable bonds is 5. The first kappa shape index (κ1) is 15.1. The summed E-state index contributed by atoms with van der Waals surface area (Å²) in [5.41, 5.74) is 6.82. The Morgan fingerprint density at radius 1 is 1.33 bits per heavy atom. The summed E-state index contributed by atoms with van der Waals surface area (Å²) in [6, 6.07) is 5.84. The highest BCUT2D eigenvalue weighted by atomic mass is 35.5. The van der Waals surface area contributed by atoms with E-state index in [0.717, 1.165) is 18.4 Å². The molecule has 0 bridgehead atoms. The predicted molar refractivity (Wildman–Crippen MR) is 79.5 cm³/mol. The number of guanidine groups is 1. The number of hydrogen-bond donors (Lipinski definition) is 2. The molecule has 1 aromatic rings. The molecule has 100 valence electrons. The SMILES string of the molecule is CCC(C)NC(N)=NCCc1cc(Cl)cc(Cl)c1. The van der Waals surface area contributed by atoms with Gasteiger partial charge in [-0.25, -0.2) is 0 Å². The molecule has 0 aliphatic carbocycles. The quantitative estimate of drug-likeness (QED) is 0.645. The third-order valence-electron chi connectivity index (χ3n) is 2.61. The van der Waals surface area contributed by atoms with Crippen molar-refractivity contribution in [1.29, 1.82) is 0 Å². The Balaban J connectivity index is 2.47. The van der Waals surface area contributed by atoms with E-state index in [1.165, 1.54) is 0 Å². The molecule has 1 atom stereocenters. The van der Waals surface area contributed by atoms with Crippen LogP contribution in [0.1, 0.15) is 25.8 Å². The highest BCUT2D eigenvalue weighted by molar-refractivity contribution is 6.34. The van der Waals surface area contributed by atoms with Crippen molar-refractivity contribution < 1.29 is 0 Å². The zero-order valence-electron chi connectivity index (χ0n) is 10.7. The van der Waals surface area contributed by atoms with Crippen molar-refractivity contribution in [3.05, 3.63) is 33.8 Å². The molecule has 0 saturated carbocycles. The van der Waals surface area contributed by atoms with Crippen molar-refractivity contribution in [1.82, 2.24) is 5.32 Å². The maximum atomic E-state index is 5.92. The van der Waals surface area contributed by atoms with Crippen molar-refractivity contribution in [3.63, 3.8) is 0 Å². The standard InChI is InChI=1S/C13H19Cl2N3/c1-3-9(2)18-13(16)17-5-4-10-6-11(14)8-12(15)7-10/h6-9H,3-5H2,1-2H3,(H3,16,17,18). The topological polar surface area (TPSA) is 50.4 Å². The van der Waals surface area contributed by atoms with E-state index >= 15 is 0 Å². The Morgan fingerprint density at radius 3 is 2.50 bits per heavy atom. The van der Waals surface area contributed by atoms with Gasteiger partial charge < -0.3 is 11.1 Å². The summed E-state index contributed by atoms with van der Waals surface area (Å²) in [6.45, 7) is 4.78. The second-order valence-corrected chi connectivity index (χ2v) is 5.12. The van der Waals surface area contributed by atoms with E-state index in [1.54, 1.807) is 6.07 Å². The van der Waals surface area contributed by atoms with Crippen LogP contribution in [-0.4, -0.2) is 18.5 Å². The molecule has 5 heteroatoms. The van der Waals surface area contributed by atoms with Gasteiger partial charge in [-0.1, -0.05) is 30.1 Å². The van der Waals surface area contributed by atoms with E-state index in [4.69, 9.17) is 28.9 Å². The van der Waals surface area contributed by atoms with E-state index in [-0.39, 0.29) is 0 Å². The average molecular weight is 288 g/mol. The first-order valence-corrected chi connectivity index (χ1v) is 6.78. The van der Waals surface area contributed by atoms with Crippen LogP contribution in [0.3, 0.4) is 0 Å². The third kappa shape index (κ3) is 5.61. The zero-order chi connectivity index (χ0) is 13.5. The van der Waals surface area contributed by atoms with Crippen LogP contribution < -0.4 is 11.1 Å². The second kappa shape index (κ2) is 7.49. The monoisotopic (exact) mass is 287 g/mol. The molecule has 0 spiro atoms. The van der Waals surface area contributed by atoms with Gasteiger partial charge in [-0.2, -0.15) is 0 Å². The number of hydrogen-bond acceptors (Lipinski definition) is 1. The molecule has 0 amide bonds. The largest absolute Gasteiger partial charge is 0.370 e. The summed E-state index contributed by atoms with van der Waals surface area (Å²) in [5.74, 6) is 0.484. The molecular formula is C13H19Cl2N3. The number of nitrogens with two attached hydrogens (primary N) is 1. The van der Waals surface area contributed by atoms with Gasteiger partial charge in [0.05, 0.1) is 0 Å². The van der Waals surface area contributed by atoms with Crippen molar-refractivity contribution >= 4 is 29.2 Å². The number of nitrogens with one attached hydrogen (secondary N) is 1. The van der Waals surface area contributed by atoms with Crippen molar-refractivity contribution in [2.45, 2.75) is 32.7 Å². The minimum Gasteiger partial charge on any atom is -0.370 e. The Morgan fingerprint density at radius 2 is 1.94 bits per heavy atom. The van der Waals surface area contributed by atoms with Gasteiger partial charge in [-0.15, -0.1) is 0 Å². The first-order chi connectivity index (χ1) is 8.51. The molecule has 1 unspecified atom stereocenters. The molecule has 0 aliphatic heterocycles. The van der Waals surface area contributed by atoms with Crippen molar-refractivity contribution in [2.75, 3.05) is 6.54 Å². The molecule has 3 nitrogen and oxygen atoms in total. The van der Waals surface area contributed by atoms with Gasteiger partial charge in [0.25, 0.3) is 0 Å². The minimum atomic E-state index is 0.342. The highest BCUT2D eigenvalue weighted by Crippen LogP contribution is 2.19. The van der Waals surface area contributed by atoms with Crippen LogP contribution >= 0.6 is 23.2 Å². The summed E-state index contributed by atoms with van der Waals surface area (Å²) < 4.78 is 0. The molecule has 0 aromatic heterocycles. The fourth-order valence-electron chi connectivity index (χ4n) is 1.46. The van der Waals surface area contributed by atoms with Crippen LogP contribution in [0, 0.1) is 0 Å². The highest BCUT2D eigenvalue weighted by Gasteiger charge is 2.00. The van der Waals surface area contributed by atoms with E-state index in [9.17, 15) is 0 Å². The average Bonchev–Trinajstić information content (AvgIpc) is 2.27. The molecule has 0 fully saturated rings. The summed E-state index contributed by atoms with van der Waals surface area (Å²) in [7, 11) is 0. The lowest BCUT2D eigenvalue weighted by Crippen LogP contribution is -2.38. The Kier molecular flexibility index (Phi) is 6.30. The van der Waals surface area contributed by atoms with Crippen molar-refractivity contribution in [3.8, 4) is 0 Å². The van der Waals surface area contributed by atoms with E-state index in [2.05, 4.69) is 24.2 Å². The van der Waals surface area contributed by atoms with Gasteiger partial charge in [0.2, 0.25) is 0 Å². The fraction of sp³-hybridized carbons (Fsp3) is 0.462. The summed E-state index contributed by atoms with van der Waals surface area (Å²) in [5, 5.41) is 4.41. The fourth-order valence-corrected chi connectivity index (χ4v) is 2.03. The lowest BCUT2D eigenvalue weighted by atomic mass is 10.1. The minimum absolute atomic E-state index is 0.342. The number of aliphatic imine (C=N–C) groups is 1. The van der Waals surface area contributed by atoms with Crippen LogP contribution in [0.5, 0.6) is 0 Å². The molecule has 1 aromatic carbocycles. The van der Waals surface area contributed by atoms with Crippen molar-refractivity contribution in [2.24, 2.45) is 10.7 Å². The Bertz CT molecular complexity index is 398. The molecule has 0 aliphatic rings. The molecule has 18 heavy (non-hydrogen) atoms.